The molecule has 1 aliphatic heterocycles. The molecular formula is C19H17Cl2N5OS. The van der Waals surface area contributed by atoms with Crippen LogP contribution < -0.4 is 0 Å². The van der Waals surface area contributed by atoms with Crippen molar-refractivity contribution in [2.45, 2.75) is 25.7 Å². The summed E-state index contributed by atoms with van der Waals surface area (Å²) in [6.07, 6.45) is 7.19. The second-order valence-electron chi connectivity index (χ2n) is 6.66. The maximum Gasteiger partial charge on any atom is 0.275 e. The van der Waals surface area contributed by atoms with Crippen molar-refractivity contribution in [1.29, 1.82) is 0 Å². The fourth-order valence-corrected chi connectivity index (χ4v) is 4.47. The third-order valence-corrected chi connectivity index (χ3v) is 6.44. The molecule has 9 heteroatoms. The minimum Gasteiger partial charge on any atom is -0.337 e. The van der Waals surface area contributed by atoms with E-state index in [4.69, 9.17) is 28.2 Å². The van der Waals surface area contributed by atoms with Crippen LogP contribution in [0, 0.1) is 6.92 Å². The van der Waals surface area contributed by atoms with Crippen LogP contribution in [0.2, 0.25) is 9.36 Å². The number of rotatable bonds is 3. The zero-order chi connectivity index (χ0) is 19.7. The summed E-state index contributed by atoms with van der Waals surface area (Å²) in [5.74, 6) is 0.634. The summed E-state index contributed by atoms with van der Waals surface area (Å²) < 4.78 is 4.46. The molecule has 1 unspecified atom stereocenters. The quantitative estimate of drug-likeness (QED) is 0.601. The number of likely N-dealkylation sites (tertiary alicyclic amines) is 1. The number of piperidine rings is 1. The summed E-state index contributed by atoms with van der Waals surface area (Å²) >= 11 is 13.2. The van der Waals surface area contributed by atoms with Crippen LogP contribution in [0.15, 0.2) is 30.7 Å². The van der Waals surface area contributed by atoms with Crippen LogP contribution in [0.25, 0.3) is 11.1 Å². The van der Waals surface area contributed by atoms with Crippen LogP contribution in [0.1, 0.15) is 40.8 Å². The number of hydrogen-bond acceptors (Lipinski definition) is 6. The van der Waals surface area contributed by atoms with E-state index in [1.807, 2.05) is 25.3 Å². The first-order chi connectivity index (χ1) is 13.5. The van der Waals surface area contributed by atoms with Gasteiger partial charge in [-0.1, -0.05) is 23.2 Å². The summed E-state index contributed by atoms with van der Waals surface area (Å²) in [4.78, 5) is 27.9. The molecule has 4 rings (SSSR count). The molecule has 1 amide bonds. The van der Waals surface area contributed by atoms with E-state index in [1.165, 1.54) is 0 Å². The minimum atomic E-state index is -0.186. The molecular weight excluding hydrogens is 417 g/mol. The monoisotopic (exact) mass is 433 g/mol. The molecule has 3 aromatic heterocycles. The van der Waals surface area contributed by atoms with Gasteiger partial charge in [0.05, 0.1) is 5.69 Å². The molecule has 0 radical (unpaired) electrons. The average molecular weight is 434 g/mol. The fraction of sp³-hybridized carbons (Fsp3) is 0.316. The predicted octanol–water partition coefficient (Wildman–Crippen LogP) is 4.63. The van der Waals surface area contributed by atoms with Gasteiger partial charge in [0.1, 0.15) is 15.2 Å². The first-order valence-corrected chi connectivity index (χ1v) is 10.4. The molecule has 4 heterocycles. The van der Waals surface area contributed by atoms with Gasteiger partial charge >= 0.3 is 0 Å². The second-order valence-corrected chi connectivity index (χ2v) is 8.41. The van der Waals surface area contributed by atoms with Crippen molar-refractivity contribution < 1.29 is 4.79 Å². The minimum absolute atomic E-state index is 0.107. The molecule has 0 bridgehead atoms. The Morgan fingerprint density at radius 2 is 2.07 bits per heavy atom. The molecule has 0 N–H and O–H groups in total. The van der Waals surface area contributed by atoms with Gasteiger partial charge < -0.3 is 4.90 Å². The SMILES string of the molecule is Cc1ncc(-c2ccncc2)c(C2CCCN(C(=O)c3nsc(Cl)c3Cl)C2)n1. The highest BCUT2D eigenvalue weighted by Crippen LogP contribution is 2.35. The molecule has 0 aromatic carbocycles. The Balaban J connectivity index is 1.64. The van der Waals surface area contributed by atoms with Crippen LogP contribution in [-0.2, 0) is 0 Å². The van der Waals surface area contributed by atoms with E-state index < -0.39 is 0 Å². The molecule has 1 atom stereocenters. The number of halogens is 2. The number of nitrogens with zero attached hydrogens (tertiary/aromatic N) is 5. The molecule has 6 nitrogen and oxygen atoms in total. The molecule has 0 saturated carbocycles. The van der Waals surface area contributed by atoms with E-state index in [0.29, 0.717) is 23.3 Å². The number of carbonyl (C=O) groups is 1. The van der Waals surface area contributed by atoms with Crippen molar-refractivity contribution >= 4 is 40.6 Å². The van der Waals surface area contributed by atoms with Crippen molar-refractivity contribution in [3.63, 3.8) is 0 Å². The number of carbonyl (C=O) groups excluding carboxylic acids is 1. The number of hydrogen-bond donors (Lipinski definition) is 0. The van der Waals surface area contributed by atoms with Gasteiger partial charge in [-0.3, -0.25) is 9.78 Å². The second kappa shape index (κ2) is 8.11. The largest absolute Gasteiger partial charge is 0.337 e. The van der Waals surface area contributed by atoms with Gasteiger partial charge in [0.25, 0.3) is 5.91 Å². The zero-order valence-corrected chi connectivity index (χ0v) is 17.4. The summed E-state index contributed by atoms with van der Waals surface area (Å²) in [5.41, 5.74) is 3.17. The van der Waals surface area contributed by atoms with Gasteiger partial charge in [-0.25, -0.2) is 9.97 Å². The third kappa shape index (κ3) is 3.74. The standard InChI is InChI=1S/C19H17Cl2N5OS/c1-11-23-9-14(12-4-6-22-7-5-12)16(24-11)13-3-2-8-26(10-13)19(27)17-15(20)18(21)28-25-17/h4-7,9,13H,2-3,8,10H2,1H3. The lowest BCUT2D eigenvalue weighted by atomic mass is 9.90. The van der Waals surface area contributed by atoms with Crippen molar-refractivity contribution in [2.24, 2.45) is 0 Å². The lowest BCUT2D eigenvalue weighted by Gasteiger charge is -2.33. The lowest BCUT2D eigenvalue weighted by Crippen LogP contribution is -2.39. The molecule has 0 spiro atoms. The lowest BCUT2D eigenvalue weighted by molar-refractivity contribution is 0.0701. The van der Waals surface area contributed by atoms with E-state index in [2.05, 4.69) is 14.3 Å². The van der Waals surface area contributed by atoms with E-state index >= 15 is 0 Å². The molecule has 1 fully saturated rings. The van der Waals surface area contributed by atoms with Crippen molar-refractivity contribution in [3.05, 3.63) is 57.3 Å². The van der Waals surface area contributed by atoms with Gasteiger partial charge in [-0.05, 0) is 49.0 Å². The van der Waals surface area contributed by atoms with Gasteiger partial charge in [-0.15, -0.1) is 0 Å². The van der Waals surface area contributed by atoms with E-state index in [1.54, 1.807) is 17.3 Å². The Morgan fingerprint density at radius 3 is 2.79 bits per heavy atom. The Hall–Kier alpha value is -2.09. The molecule has 1 aliphatic rings. The smallest absolute Gasteiger partial charge is 0.275 e. The molecule has 144 valence electrons. The number of aromatic nitrogens is 4. The first kappa shape index (κ1) is 19.2. The van der Waals surface area contributed by atoms with Crippen LogP contribution in [0.4, 0.5) is 0 Å². The first-order valence-electron chi connectivity index (χ1n) is 8.88. The average Bonchev–Trinajstić information content (AvgIpc) is 3.06. The normalized spacial score (nSPS) is 17.0. The van der Waals surface area contributed by atoms with Crippen LogP contribution in [0.3, 0.4) is 0 Å². The molecule has 0 aliphatic carbocycles. The maximum atomic E-state index is 12.9. The molecule has 1 saturated heterocycles. The fourth-order valence-electron chi connectivity index (χ4n) is 3.48. The van der Waals surface area contributed by atoms with E-state index in [-0.39, 0.29) is 22.5 Å². The molecule has 28 heavy (non-hydrogen) atoms. The van der Waals surface area contributed by atoms with Crippen LogP contribution in [-0.4, -0.2) is 43.2 Å². The third-order valence-electron chi connectivity index (χ3n) is 4.83. The predicted molar refractivity (Wildman–Crippen MR) is 110 cm³/mol. The Morgan fingerprint density at radius 1 is 1.29 bits per heavy atom. The number of pyridine rings is 1. The van der Waals surface area contributed by atoms with E-state index in [9.17, 15) is 4.79 Å². The van der Waals surface area contributed by atoms with Crippen LogP contribution >= 0.6 is 34.7 Å². The molecule has 3 aromatic rings. The zero-order valence-electron chi connectivity index (χ0n) is 15.1. The van der Waals surface area contributed by atoms with Gasteiger partial charge in [0.2, 0.25) is 0 Å². The van der Waals surface area contributed by atoms with Gasteiger partial charge in [0, 0.05) is 43.2 Å². The van der Waals surface area contributed by atoms with Crippen molar-refractivity contribution in [1.82, 2.24) is 24.2 Å². The van der Waals surface area contributed by atoms with Crippen molar-refractivity contribution in [2.75, 3.05) is 13.1 Å². The summed E-state index contributed by atoms with van der Waals surface area (Å²) in [7, 11) is 0. The Kier molecular flexibility index (Phi) is 5.57. The van der Waals surface area contributed by atoms with Gasteiger partial charge in [-0.2, -0.15) is 4.37 Å². The summed E-state index contributed by atoms with van der Waals surface area (Å²) in [6, 6.07) is 3.89. The Bertz CT molecular complexity index is 1010. The number of amides is 1. The highest BCUT2D eigenvalue weighted by atomic mass is 35.5. The van der Waals surface area contributed by atoms with Crippen LogP contribution in [0.5, 0.6) is 0 Å². The summed E-state index contributed by atoms with van der Waals surface area (Å²) in [5, 5.41) is 0.231. The topological polar surface area (TPSA) is 71.9 Å². The number of aryl methyl sites for hydroxylation is 1. The van der Waals surface area contributed by atoms with E-state index in [0.717, 1.165) is 41.2 Å². The van der Waals surface area contributed by atoms with Gasteiger partial charge in [0.15, 0.2) is 5.69 Å². The van der Waals surface area contributed by atoms with Crippen molar-refractivity contribution in [3.8, 4) is 11.1 Å². The highest BCUT2D eigenvalue weighted by Gasteiger charge is 2.30. The Labute approximate surface area is 176 Å². The maximum absolute atomic E-state index is 12.9. The summed E-state index contributed by atoms with van der Waals surface area (Å²) in [6.45, 7) is 3.09. The highest BCUT2D eigenvalue weighted by molar-refractivity contribution is 7.11.